The van der Waals surface area contributed by atoms with Gasteiger partial charge in [-0.25, -0.2) is 4.98 Å². The average molecular weight is 350 g/mol. The molecule has 2 aromatic carbocycles. The highest BCUT2D eigenvalue weighted by atomic mass is 79.9. The molecule has 0 radical (unpaired) electrons. The fraction of sp³-hybridized carbons (Fsp3) is 0. The van der Waals surface area contributed by atoms with E-state index in [4.69, 9.17) is 22.1 Å². The smallest absolute Gasteiger partial charge is 0.227 e. The van der Waals surface area contributed by atoms with Gasteiger partial charge in [-0.05, 0) is 30.3 Å². The number of pyridine rings is 1. The number of nitrogens with zero attached hydrogens (tertiary/aromatic N) is 1. The van der Waals surface area contributed by atoms with Gasteiger partial charge in [0.15, 0.2) is 0 Å². The molecule has 20 heavy (non-hydrogen) atoms. The Hall–Kier alpha value is -1.78. The van der Waals surface area contributed by atoms with Crippen molar-refractivity contribution in [2.24, 2.45) is 0 Å². The van der Waals surface area contributed by atoms with E-state index < -0.39 is 0 Å². The van der Waals surface area contributed by atoms with Gasteiger partial charge in [-0.3, -0.25) is 0 Å². The Morgan fingerprint density at radius 1 is 1.10 bits per heavy atom. The van der Waals surface area contributed by atoms with Gasteiger partial charge < -0.3 is 10.5 Å². The predicted molar refractivity (Wildman–Crippen MR) is 85.4 cm³/mol. The van der Waals surface area contributed by atoms with Crippen molar-refractivity contribution < 1.29 is 4.74 Å². The van der Waals surface area contributed by atoms with Crippen molar-refractivity contribution in [3.8, 4) is 11.6 Å². The minimum Gasteiger partial charge on any atom is -0.437 e. The third-order valence-corrected chi connectivity index (χ3v) is 3.88. The molecular formula is C15H10BrClN2O. The summed E-state index contributed by atoms with van der Waals surface area (Å²) in [7, 11) is 0. The van der Waals surface area contributed by atoms with Crippen LogP contribution in [0.3, 0.4) is 0 Å². The normalized spacial score (nSPS) is 10.7. The largest absolute Gasteiger partial charge is 0.437 e. The molecule has 1 aromatic heterocycles. The first kappa shape index (κ1) is 13.2. The van der Waals surface area contributed by atoms with E-state index in [0.29, 0.717) is 22.3 Å². The third-order valence-electron chi connectivity index (χ3n) is 2.88. The number of hydrogen-bond donors (Lipinski definition) is 1. The minimum absolute atomic E-state index is 0.492. The van der Waals surface area contributed by atoms with Crippen LogP contribution in [0.5, 0.6) is 11.6 Å². The highest BCUT2D eigenvalue weighted by Crippen LogP contribution is 2.35. The summed E-state index contributed by atoms with van der Waals surface area (Å²) in [4.78, 5) is 4.27. The topological polar surface area (TPSA) is 48.1 Å². The Morgan fingerprint density at radius 3 is 2.80 bits per heavy atom. The van der Waals surface area contributed by atoms with Crippen LogP contribution in [0.4, 0.5) is 5.69 Å². The van der Waals surface area contributed by atoms with Gasteiger partial charge >= 0.3 is 0 Å². The summed E-state index contributed by atoms with van der Waals surface area (Å²) < 4.78 is 6.80. The lowest BCUT2D eigenvalue weighted by molar-refractivity contribution is 0.470. The Kier molecular flexibility index (Phi) is 3.51. The van der Waals surface area contributed by atoms with E-state index in [1.54, 1.807) is 24.4 Å². The average Bonchev–Trinajstić information content (AvgIpc) is 2.44. The Morgan fingerprint density at radius 2 is 1.95 bits per heavy atom. The monoisotopic (exact) mass is 348 g/mol. The highest BCUT2D eigenvalue weighted by Gasteiger charge is 2.09. The first-order chi connectivity index (χ1) is 9.65. The molecule has 2 N–H and O–H groups in total. The highest BCUT2D eigenvalue weighted by molar-refractivity contribution is 9.10. The molecule has 0 spiro atoms. The molecule has 0 aliphatic rings. The zero-order valence-electron chi connectivity index (χ0n) is 10.3. The molecule has 0 aliphatic heterocycles. The van der Waals surface area contributed by atoms with Crippen LogP contribution in [0.1, 0.15) is 0 Å². The second-order valence-corrected chi connectivity index (χ2v) is 5.50. The third kappa shape index (κ3) is 2.44. The summed E-state index contributed by atoms with van der Waals surface area (Å²) in [6, 6.07) is 12.9. The van der Waals surface area contributed by atoms with E-state index in [2.05, 4.69) is 20.9 Å². The first-order valence-electron chi connectivity index (χ1n) is 5.91. The molecule has 0 saturated heterocycles. The molecule has 0 bridgehead atoms. The van der Waals surface area contributed by atoms with E-state index >= 15 is 0 Å². The summed E-state index contributed by atoms with van der Waals surface area (Å²) in [5.41, 5.74) is 6.34. The molecule has 0 atom stereocenters. The molecular weight excluding hydrogens is 340 g/mol. The predicted octanol–water partition coefficient (Wildman–Crippen LogP) is 5.03. The lowest BCUT2D eigenvalue weighted by Crippen LogP contribution is -1.92. The van der Waals surface area contributed by atoms with E-state index in [0.717, 1.165) is 15.2 Å². The summed E-state index contributed by atoms with van der Waals surface area (Å²) in [5, 5.41) is 2.42. The van der Waals surface area contributed by atoms with Crippen molar-refractivity contribution in [3.05, 3.63) is 58.2 Å². The molecule has 100 valence electrons. The number of anilines is 1. The fourth-order valence-electron chi connectivity index (χ4n) is 1.93. The molecule has 5 heteroatoms. The number of fused-ring (bicyclic) bond motifs is 1. The van der Waals surface area contributed by atoms with Crippen molar-refractivity contribution >= 4 is 44.0 Å². The van der Waals surface area contributed by atoms with Gasteiger partial charge in [0.1, 0.15) is 5.75 Å². The SMILES string of the molecule is Nc1ccc(Cl)c(Oc2nccc3c(Br)cccc23)c1. The maximum atomic E-state index is 6.11. The lowest BCUT2D eigenvalue weighted by atomic mass is 10.2. The van der Waals surface area contributed by atoms with Crippen molar-refractivity contribution in [2.45, 2.75) is 0 Å². The zero-order valence-corrected chi connectivity index (χ0v) is 12.6. The van der Waals surface area contributed by atoms with Gasteiger partial charge in [-0.1, -0.05) is 33.6 Å². The second-order valence-electron chi connectivity index (χ2n) is 4.24. The number of nitrogen functional groups attached to an aromatic ring is 1. The molecule has 3 nitrogen and oxygen atoms in total. The van der Waals surface area contributed by atoms with Gasteiger partial charge in [0.25, 0.3) is 0 Å². The molecule has 0 unspecified atom stereocenters. The summed E-state index contributed by atoms with van der Waals surface area (Å²) in [5.74, 6) is 0.989. The Bertz CT molecular complexity index is 792. The van der Waals surface area contributed by atoms with E-state index in [-0.39, 0.29) is 0 Å². The van der Waals surface area contributed by atoms with Crippen molar-refractivity contribution in [1.82, 2.24) is 4.98 Å². The molecule has 3 rings (SSSR count). The second kappa shape index (κ2) is 5.31. The molecule has 3 aromatic rings. The van der Waals surface area contributed by atoms with Gasteiger partial charge in [0, 0.05) is 33.2 Å². The Labute approximate surface area is 129 Å². The van der Waals surface area contributed by atoms with E-state index in [1.807, 2.05) is 24.3 Å². The standard InChI is InChI=1S/C15H10BrClN2O/c16-12-3-1-2-11-10(12)6-7-19-15(11)20-14-8-9(18)4-5-13(14)17/h1-8H,18H2. The molecule has 0 aliphatic carbocycles. The van der Waals surface area contributed by atoms with Gasteiger partial charge in [0.05, 0.1) is 5.02 Å². The number of nitrogens with two attached hydrogens (primary N) is 1. The number of hydrogen-bond acceptors (Lipinski definition) is 3. The number of benzene rings is 2. The van der Waals surface area contributed by atoms with Crippen LogP contribution in [0.15, 0.2) is 53.1 Å². The van der Waals surface area contributed by atoms with Crippen LogP contribution in [-0.2, 0) is 0 Å². The summed E-state index contributed by atoms with van der Waals surface area (Å²) in [6.45, 7) is 0. The maximum absolute atomic E-state index is 6.11. The maximum Gasteiger partial charge on any atom is 0.227 e. The van der Waals surface area contributed by atoms with E-state index in [9.17, 15) is 0 Å². The van der Waals surface area contributed by atoms with Crippen LogP contribution >= 0.6 is 27.5 Å². The molecule has 1 heterocycles. The lowest BCUT2D eigenvalue weighted by Gasteiger charge is -2.10. The minimum atomic E-state index is 0.492. The number of halogens is 2. The summed E-state index contributed by atoms with van der Waals surface area (Å²) >= 11 is 9.62. The van der Waals surface area contributed by atoms with Crippen LogP contribution in [0.2, 0.25) is 5.02 Å². The van der Waals surface area contributed by atoms with Crippen LogP contribution in [0, 0.1) is 0 Å². The van der Waals surface area contributed by atoms with Crippen molar-refractivity contribution in [2.75, 3.05) is 5.73 Å². The zero-order chi connectivity index (χ0) is 14.1. The van der Waals surface area contributed by atoms with E-state index in [1.165, 1.54) is 0 Å². The number of ether oxygens (including phenoxy) is 1. The summed E-state index contributed by atoms with van der Waals surface area (Å²) in [6.07, 6.45) is 1.70. The quantitative estimate of drug-likeness (QED) is 0.660. The van der Waals surface area contributed by atoms with Gasteiger partial charge in [-0.2, -0.15) is 0 Å². The van der Waals surface area contributed by atoms with Crippen LogP contribution < -0.4 is 10.5 Å². The van der Waals surface area contributed by atoms with Crippen molar-refractivity contribution in [1.29, 1.82) is 0 Å². The fourth-order valence-corrected chi connectivity index (χ4v) is 2.58. The Balaban J connectivity index is 2.11. The van der Waals surface area contributed by atoms with Gasteiger partial charge in [-0.15, -0.1) is 0 Å². The van der Waals surface area contributed by atoms with Crippen molar-refractivity contribution in [3.63, 3.8) is 0 Å². The molecule has 0 saturated carbocycles. The molecule has 0 amide bonds. The molecule has 0 fully saturated rings. The van der Waals surface area contributed by atoms with Gasteiger partial charge in [0.2, 0.25) is 5.88 Å². The van der Waals surface area contributed by atoms with Crippen LogP contribution in [-0.4, -0.2) is 4.98 Å². The first-order valence-corrected chi connectivity index (χ1v) is 7.08. The number of rotatable bonds is 2. The number of aromatic nitrogens is 1. The van der Waals surface area contributed by atoms with Crippen LogP contribution in [0.25, 0.3) is 10.8 Å².